The molecule has 1 unspecified atom stereocenters. The normalized spacial score (nSPS) is 21.8. The third kappa shape index (κ3) is 2.88. The smallest absolute Gasteiger partial charge is 0.253 e. The van der Waals surface area contributed by atoms with E-state index in [1.54, 1.807) is 24.1 Å². The lowest BCUT2D eigenvalue weighted by Gasteiger charge is -2.24. The van der Waals surface area contributed by atoms with Crippen molar-refractivity contribution in [1.29, 1.82) is 0 Å². The van der Waals surface area contributed by atoms with Crippen LogP contribution in [-0.4, -0.2) is 50.1 Å². The van der Waals surface area contributed by atoms with Crippen LogP contribution in [-0.2, 0) is 0 Å². The molecular formula is C16H22FN3O. The fourth-order valence-corrected chi connectivity index (χ4v) is 3.19. The summed E-state index contributed by atoms with van der Waals surface area (Å²) < 4.78 is 14.3. The van der Waals surface area contributed by atoms with Gasteiger partial charge >= 0.3 is 0 Å². The number of hydrogen-bond donors (Lipinski definition) is 1. The second kappa shape index (κ2) is 6.02. The van der Waals surface area contributed by atoms with E-state index < -0.39 is 0 Å². The number of anilines is 1. The van der Waals surface area contributed by atoms with E-state index in [4.69, 9.17) is 0 Å². The highest BCUT2D eigenvalue weighted by atomic mass is 19.1. The predicted molar refractivity (Wildman–Crippen MR) is 81.2 cm³/mol. The first kappa shape index (κ1) is 14.3. The molecule has 21 heavy (non-hydrogen) atoms. The summed E-state index contributed by atoms with van der Waals surface area (Å²) in [6, 6.07) is 5.08. The first-order valence-electron chi connectivity index (χ1n) is 7.69. The molecule has 1 aromatic carbocycles. The second-order valence-corrected chi connectivity index (χ2v) is 5.92. The maximum atomic E-state index is 14.3. The molecule has 0 spiro atoms. The number of hydrogen-bond acceptors (Lipinski definition) is 3. The molecule has 2 aliphatic rings. The summed E-state index contributed by atoms with van der Waals surface area (Å²) >= 11 is 0. The van der Waals surface area contributed by atoms with Crippen molar-refractivity contribution in [3.8, 4) is 0 Å². The highest BCUT2D eigenvalue weighted by molar-refractivity contribution is 5.94. The van der Waals surface area contributed by atoms with E-state index in [9.17, 15) is 9.18 Å². The van der Waals surface area contributed by atoms with Gasteiger partial charge in [0.15, 0.2) is 0 Å². The number of carbonyl (C=O) groups is 1. The Hall–Kier alpha value is -1.62. The van der Waals surface area contributed by atoms with Crippen LogP contribution < -0.4 is 10.2 Å². The molecule has 1 amide bonds. The van der Waals surface area contributed by atoms with Gasteiger partial charge in [-0.3, -0.25) is 4.79 Å². The zero-order chi connectivity index (χ0) is 14.8. The minimum absolute atomic E-state index is 0.101. The summed E-state index contributed by atoms with van der Waals surface area (Å²) in [6.45, 7) is 3.55. The lowest BCUT2D eigenvalue weighted by atomic mass is 10.1. The van der Waals surface area contributed by atoms with Crippen molar-refractivity contribution in [3.63, 3.8) is 0 Å². The van der Waals surface area contributed by atoms with Gasteiger partial charge in [-0.1, -0.05) is 0 Å². The standard InChI is InChI=1S/C16H22FN3O/c1-19(13-6-7-18-11-13)16(21)12-4-5-15(14(17)10-12)20-8-2-3-9-20/h4-5,10,13,18H,2-3,6-9,11H2,1H3. The van der Waals surface area contributed by atoms with Crippen molar-refractivity contribution in [2.75, 3.05) is 38.1 Å². The zero-order valence-corrected chi connectivity index (χ0v) is 12.4. The Morgan fingerprint density at radius 3 is 2.76 bits per heavy atom. The summed E-state index contributed by atoms with van der Waals surface area (Å²) in [5.74, 6) is -0.392. The highest BCUT2D eigenvalue weighted by Gasteiger charge is 2.25. The maximum absolute atomic E-state index is 14.3. The van der Waals surface area contributed by atoms with Crippen molar-refractivity contribution >= 4 is 11.6 Å². The number of amides is 1. The number of nitrogens with zero attached hydrogens (tertiary/aromatic N) is 2. The average molecular weight is 291 g/mol. The van der Waals surface area contributed by atoms with Gasteiger partial charge in [-0.15, -0.1) is 0 Å². The van der Waals surface area contributed by atoms with Crippen LogP contribution in [0, 0.1) is 5.82 Å². The number of benzene rings is 1. The molecular weight excluding hydrogens is 269 g/mol. The van der Waals surface area contributed by atoms with Crippen molar-refractivity contribution in [2.45, 2.75) is 25.3 Å². The van der Waals surface area contributed by atoms with Crippen LogP contribution in [0.15, 0.2) is 18.2 Å². The molecule has 0 radical (unpaired) electrons. The molecule has 0 bridgehead atoms. The molecule has 2 aliphatic heterocycles. The van der Waals surface area contributed by atoms with Gasteiger partial charge in [0.2, 0.25) is 0 Å². The van der Waals surface area contributed by atoms with E-state index in [2.05, 4.69) is 5.32 Å². The molecule has 1 atom stereocenters. The Kier molecular flexibility index (Phi) is 4.10. The van der Waals surface area contributed by atoms with E-state index in [0.717, 1.165) is 45.4 Å². The van der Waals surface area contributed by atoms with Gasteiger partial charge in [-0.25, -0.2) is 4.39 Å². The number of nitrogens with one attached hydrogen (secondary N) is 1. The van der Waals surface area contributed by atoms with Crippen LogP contribution in [0.1, 0.15) is 29.6 Å². The molecule has 2 fully saturated rings. The lowest BCUT2D eigenvalue weighted by Crippen LogP contribution is -2.38. The van der Waals surface area contributed by atoms with E-state index in [1.165, 1.54) is 6.07 Å². The molecule has 114 valence electrons. The third-order valence-corrected chi connectivity index (χ3v) is 4.54. The monoisotopic (exact) mass is 291 g/mol. The Balaban J connectivity index is 1.76. The summed E-state index contributed by atoms with van der Waals surface area (Å²) in [4.78, 5) is 16.2. The van der Waals surface area contributed by atoms with Gasteiger partial charge in [-0.2, -0.15) is 0 Å². The summed E-state index contributed by atoms with van der Waals surface area (Å²) in [5.41, 5.74) is 1.05. The fourth-order valence-electron chi connectivity index (χ4n) is 3.19. The molecule has 5 heteroatoms. The average Bonchev–Trinajstić information content (AvgIpc) is 3.18. The Morgan fingerprint density at radius 1 is 1.38 bits per heavy atom. The van der Waals surface area contributed by atoms with Crippen LogP contribution >= 0.6 is 0 Å². The summed E-state index contributed by atoms with van der Waals surface area (Å²) in [7, 11) is 1.80. The van der Waals surface area contributed by atoms with Gasteiger partial charge in [0.05, 0.1) is 5.69 Å². The predicted octanol–water partition coefficient (Wildman–Crippen LogP) is 1.86. The second-order valence-electron chi connectivity index (χ2n) is 5.92. The molecule has 0 aromatic heterocycles. The lowest BCUT2D eigenvalue weighted by molar-refractivity contribution is 0.0743. The van der Waals surface area contributed by atoms with Gasteiger partial charge in [-0.05, 0) is 44.0 Å². The van der Waals surface area contributed by atoms with Gasteiger partial charge in [0.1, 0.15) is 5.82 Å². The largest absolute Gasteiger partial charge is 0.369 e. The Bertz CT molecular complexity index is 522. The van der Waals surface area contributed by atoms with Crippen molar-refractivity contribution < 1.29 is 9.18 Å². The van der Waals surface area contributed by atoms with E-state index in [-0.39, 0.29) is 17.8 Å². The molecule has 1 aromatic rings. The quantitative estimate of drug-likeness (QED) is 0.923. The third-order valence-electron chi connectivity index (χ3n) is 4.54. The van der Waals surface area contributed by atoms with Crippen LogP contribution in [0.5, 0.6) is 0 Å². The van der Waals surface area contributed by atoms with E-state index in [1.807, 2.05) is 4.90 Å². The Morgan fingerprint density at radius 2 is 2.14 bits per heavy atom. The first-order chi connectivity index (χ1) is 10.2. The minimum atomic E-state index is -0.291. The molecule has 2 heterocycles. The number of carbonyl (C=O) groups excluding carboxylic acids is 1. The zero-order valence-electron chi connectivity index (χ0n) is 12.4. The minimum Gasteiger partial charge on any atom is -0.369 e. The van der Waals surface area contributed by atoms with Crippen molar-refractivity contribution in [2.24, 2.45) is 0 Å². The first-order valence-corrected chi connectivity index (χ1v) is 7.69. The topological polar surface area (TPSA) is 35.6 Å². The van der Waals surface area contributed by atoms with E-state index >= 15 is 0 Å². The van der Waals surface area contributed by atoms with Crippen LogP contribution in [0.3, 0.4) is 0 Å². The van der Waals surface area contributed by atoms with Crippen LogP contribution in [0.25, 0.3) is 0 Å². The van der Waals surface area contributed by atoms with Gasteiger partial charge < -0.3 is 15.1 Å². The number of rotatable bonds is 3. The SMILES string of the molecule is CN(C(=O)c1ccc(N2CCCC2)c(F)c1)C1CCNC1. The number of likely N-dealkylation sites (N-methyl/N-ethyl adjacent to an activating group) is 1. The van der Waals surface area contributed by atoms with E-state index in [0.29, 0.717) is 11.3 Å². The van der Waals surface area contributed by atoms with Gasteiger partial charge in [0, 0.05) is 38.3 Å². The maximum Gasteiger partial charge on any atom is 0.253 e. The molecule has 3 rings (SSSR count). The summed E-state index contributed by atoms with van der Waals surface area (Å²) in [6.07, 6.45) is 3.17. The van der Waals surface area contributed by atoms with Crippen LogP contribution in [0.4, 0.5) is 10.1 Å². The van der Waals surface area contributed by atoms with Crippen molar-refractivity contribution in [3.05, 3.63) is 29.6 Å². The molecule has 2 saturated heterocycles. The fraction of sp³-hybridized carbons (Fsp3) is 0.562. The summed E-state index contributed by atoms with van der Waals surface area (Å²) in [5, 5.41) is 3.24. The van der Waals surface area contributed by atoms with Crippen LogP contribution in [0.2, 0.25) is 0 Å². The Labute approximate surface area is 124 Å². The molecule has 4 nitrogen and oxygen atoms in total. The molecule has 1 N–H and O–H groups in total. The highest BCUT2D eigenvalue weighted by Crippen LogP contribution is 2.25. The number of halogens is 1. The molecule has 0 saturated carbocycles. The van der Waals surface area contributed by atoms with Crippen molar-refractivity contribution in [1.82, 2.24) is 10.2 Å². The molecule has 0 aliphatic carbocycles. The van der Waals surface area contributed by atoms with Gasteiger partial charge in [0.25, 0.3) is 5.91 Å².